The summed E-state index contributed by atoms with van der Waals surface area (Å²) in [6, 6.07) is 0.472. The Balaban J connectivity index is 2.49. The van der Waals surface area contributed by atoms with Gasteiger partial charge in [-0.15, -0.1) is 0 Å². The molecule has 1 saturated carbocycles. The van der Waals surface area contributed by atoms with E-state index in [1.807, 2.05) is 0 Å². The Morgan fingerprint density at radius 2 is 2.08 bits per heavy atom. The van der Waals surface area contributed by atoms with Crippen LogP contribution in [0.3, 0.4) is 0 Å². The fourth-order valence-corrected chi connectivity index (χ4v) is 3.74. The molecule has 0 spiro atoms. The van der Waals surface area contributed by atoms with Crippen LogP contribution in [0.25, 0.3) is 0 Å². The lowest BCUT2D eigenvalue weighted by Gasteiger charge is -2.27. The molecular weight excluding hydrogens is 336 g/mol. The molecule has 1 aliphatic rings. The quantitative estimate of drug-likeness (QED) is 0.458. The minimum atomic E-state index is -0.874. The van der Waals surface area contributed by atoms with Crippen LogP contribution in [0.1, 0.15) is 50.3 Å². The van der Waals surface area contributed by atoms with E-state index < -0.39 is 28.2 Å². The second-order valence-corrected chi connectivity index (χ2v) is 6.60. The molecule has 8 heteroatoms. The van der Waals surface area contributed by atoms with Crippen molar-refractivity contribution in [1.82, 2.24) is 4.57 Å². The summed E-state index contributed by atoms with van der Waals surface area (Å²) in [4.78, 5) is 35.2. The van der Waals surface area contributed by atoms with Crippen LogP contribution in [-0.2, 0) is 9.53 Å². The zero-order valence-electron chi connectivity index (χ0n) is 13.8. The Labute approximate surface area is 144 Å². The van der Waals surface area contributed by atoms with Gasteiger partial charge in [-0.05, 0) is 25.3 Å². The summed E-state index contributed by atoms with van der Waals surface area (Å²) in [6.45, 7) is 1.60. The Bertz CT molecular complexity index is 694. The van der Waals surface area contributed by atoms with Crippen LogP contribution in [0.15, 0.2) is 10.9 Å². The highest BCUT2D eigenvalue weighted by Crippen LogP contribution is 2.32. The number of aryl methyl sites for hydroxylation is 1. The number of halogens is 1. The number of carbonyl (C=O) groups excluding carboxylic acids is 1. The third kappa shape index (κ3) is 3.77. The van der Waals surface area contributed by atoms with Gasteiger partial charge in [0.1, 0.15) is 11.1 Å². The molecule has 7 nitrogen and oxygen atoms in total. The summed E-state index contributed by atoms with van der Waals surface area (Å²) < 4.78 is 6.00. The van der Waals surface area contributed by atoms with Gasteiger partial charge < -0.3 is 4.74 Å². The maximum atomic E-state index is 12.6. The number of esters is 1. The molecule has 0 aliphatic heterocycles. The predicted octanol–water partition coefficient (Wildman–Crippen LogP) is 3.40. The first-order chi connectivity index (χ1) is 11.4. The zero-order valence-corrected chi connectivity index (χ0v) is 14.5. The Morgan fingerprint density at radius 3 is 2.62 bits per heavy atom. The van der Waals surface area contributed by atoms with Gasteiger partial charge in [-0.2, -0.15) is 0 Å². The molecule has 1 atom stereocenters. The van der Waals surface area contributed by atoms with E-state index in [-0.39, 0.29) is 5.02 Å². The summed E-state index contributed by atoms with van der Waals surface area (Å²) in [5.41, 5.74) is -1.17. The highest BCUT2D eigenvalue weighted by molar-refractivity contribution is 6.32. The van der Waals surface area contributed by atoms with Gasteiger partial charge in [0.25, 0.3) is 0 Å². The molecule has 1 heterocycles. The second kappa shape index (κ2) is 7.79. The maximum absolute atomic E-state index is 12.6. The molecule has 0 radical (unpaired) electrons. The van der Waals surface area contributed by atoms with Crippen LogP contribution in [0.5, 0.6) is 0 Å². The van der Waals surface area contributed by atoms with E-state index in [1.54, 1.807) is 6.92 Å². The number of ether oxygens (including phenoxy) is 1. The number of rotatable bonds is 5. The minimum absolute atomic E-state index is 0.222. The number of hydrogen-bond acceptors (Lipinski definition) is 5. The average molecular weight is 357 g/mol. The van der Waals surface area contributed by atoms with Gasteiger partial charge in [0.05, 0.1) is 12.0 Å². The largest absolute Gasteiger partial charge is 0.467 e. The lowest BCUT2D eigenvalue weighted by atomic mass is 9.84. The van der Waals surface area contributed by atoms with Crippen molar-refractivity contribution in [3.05, 3.63) is 37.3 Å². The van der Waals surface area contributed by atoms with Crippen molar-refractivity contribution in [2.75, 3.05) is 7.11 Å². The van der Waals surface area contributed by atoms with Crippen molar-refractivity contribution in [3.63, 3.8) is 0 Å². The summed E-state index contributed by atoms with van der Waals surface area (Å²) in [7, 11) is 1.25. The third-order valence-electron chi connectivity index (χ3n) is 4.61. The fourth-order valence-electron chi connectivity index (χ4n) is 3.43. The van der Waals surface area contributed by atoms with Crippen LogP contribution in [0.4, 0.5) is 5.69 Å². The number of nitro groups is 1. The number of pyridine rings is 1. The van der Waals surface area contributed by atoms with E-state index in [4.69, 9.17) is 16.3 Å². The minimum Gasteiger partial charge on any atom is -0.467 e. The van der Waals surface area contributed by atoms with Crippen molar-refractivity contribution in [1.29, 1.82) is 0 Å². The SMILES string of the molecule is COC(=O)C(CC1CCCCC1)n1c(C)cc(Cl)c([N+](=O)[O-])c1=O. The lowest BCUT2D eigenvalue weighted by molar-refractivity contribution is -0.386. The lowest BCUT2D eigenvalue weighted by Crippen LogP contribution is -2.35. The van der Waals surface area contributed by atoms with Crippen molar-refractivity contribution < 1.29 is 14.5 Å². The highest BCUT2D eigenvalue weighted by atomic mass is 35.5. The van der Waals surface area contributed by atoms with Crippen molar-refractivity contribution >= 4 is 23.3 Å². The molecule has 1 aromatic heterocycles. The van der Waals surface area contributed by atoms with Gasteiger partial charge >= 0.3 is 17.2 Å². The van der Waals surface area contributed by atoms with Gasteiger partial charge in [0.15, 0.2) is 0 Å². The number of carbonyl (C=O) groups is 1. The Morgan fingerprint density at radius 1 is 1.46 bits per heavy atom. The molecule has 0 amide bonds. The number of aromatic nitrogens is 1. The molecule has 0 saturated heterocycles. The van der Waals surface area contributed by atoms with E-state index in [2.05, 4.69) is 0 Å². The van der Waals surface area contributed by atoms with Gasteiger partial charge in [0.2, 0.25) is 0 Å². The Kier molecular flexibility index (Phi) is 5.99. The van der Waals surface area contributed by atoms with Gasteiger partial charge in [-0.1, -0.05) is 43.7 Å². The number of nitrogens with zero attached hydrogens (tertiary/aromatic N) is 2. The third-order valence-corrected chi connectivity index (χ3v) is 4.90. The fraction of sp³-hybridized carbons (Fsp3) is 0.625. The van der Waals surface area contributed by atoms with Crippen molar-refractivity contribution in [2.45, 2.75) is 51.5 Å². The maximum Gasteiger partial charge on any atom is 0.352 e. The van der Waals surface area contributed by atoms with E-state index in [1.165, 1.54) is 19.6 Å². The average Bonchev–Trinajstić information content (AvgIpc) is 2.53. The Hall–Kier alpha value is -1.89. The van der Waals surface area contributed by atoms with Crippen molar-refractivity contribution in [2.24, 2.45) is 5.92 Å². The molecule has 1 aliphatic carbocycles. The van der Waals surface area contributed by atoms with Crippen molar-refractivity contribution in [3.8, 4) is 0 Å². The summed E-state index contributed by atoms with van der Waals surface area (Å²) in [5.74, 6) is -0.272. The van der Waals surface area contributed by atoms with E-state index in [9.17, 15) is 19.7 Å². The van der Waals surface area contributed by atoms with Crippen LogP contribution in [-0.4, -0.2) is 22.6 Å². The number of hydrogen-bond donors (Lipinski definition) is 0. The first-order valence-corrected chi connectivity index (χ1v) is 8.38. The smallest absolute Gasteiger partial charge is 0.352 e. The molecule has 24 heavy (non-hydrogen) atoms. The summed E-state index contributed by atoms with van der Waals surface area (Å²) in [6.07, 6.45) is 5.76. The summed E-state index contributed by atoms with van der Waals surface area (Å²) in [5, 5.41) is 10.9. The molecule has 1 fully saturated rings. The van der Waals surface area contributed by atoms with E-state index >= 15 is 0 Å². The predicted molar refractivity (Wildman–Crippen MR) is 89.3 cm³/mol. The standard InChI is InChI=1S/C16H21ClN2O5/c1-10-8-12(17)14(19(22)23)15(20)18(10)13(16(21)24-2)9-11-6-4-3-5-7-11/h8,11,13H,3-7,9H2,1-2H3. The normalized spacial score (nSPS) is 16.6. The molecule has 1 unspecified atom stereocenters. The highest BCUT2D eigenvalue weighted by Gasteiger charge is 2.32. The second-order valence-electron chi connectivity index (χ2n) is 6.19. The first-order valence-electron chi connectivity index (χ1n) is 8.00. The first kappa shape index (κ1) is 18.4. The zero-order chi connectivity index (χ0) is 17.9. The monoisotopic (exact) mass is 356 g/mol. The van der Waals surface area contributed by atoms with E-state index in [0.717, 1.165) is 30.3 Å². The van der Waals surface area contributed by atoms with Gasteiger partial charge in [0, 0.05) is 5.69 Å². The topological polar surface area (TPSA) is 91.4 Å². The van der Waals surface area contributed by atoms with Crippen LogP contribution in [0, 0.1) is 23.0 Å². The van der Waals surface area contributed by atoms with Gasteiger partial charge in [-0.3, -0.25) is 19.5 Å². The molecule has 0 bridgehead atoms. The molecule has 132 valence electrons. The summed E-state index contributed by atoms with van der Waals surface area (Å²) >= 11 is 5.84. The van der Waals surface area contributed by atoms with Crippen LogP contribution < -0.4 is 5.56 Å². The molecule has 1 aromatic rings. The number of methoxy groups -OCH3 is 1. The van der Waals surface area contributed by atoms with Crippen LogP contribution >= 0.6 is 11.6 Å². The molecule has 0 N–H and O–H groups in total. The van der Waals surface area contributed by atoms with E-state index in [0.29, 0.717) is 18.0 Å². The molecular formula is C16H21ClN2O5. The molecule has 0 aromatic carbocycles. The molecule has 2 rings (SSSR count). The van der Waals surface area contributed by atoms with Crippen LogP contribution in [0.2, 0.25) is 5.02 Å². The van der Waals surface area contributed by atoms with Gasteiger partial charge in [-0.25, -0.2) is 4.79 Å².